The van der Waals surface area contributed by atoms with Crippen LogP contribution < -0.4 is 0 Å². The molecule has 0 aliphatic carbocycles. The van der Waals surface area contributed by atoms with Crippen molar-refractivity contribution in [2.75, 3.05) is 19.8 Å². The Labute approximate surface area is 136 Å². The molecule has 2 rings (SSSR count). The molecule has 0 aromatic heterocycles. The van der Waals surface area contributed by atoms with Crippen LogP contribution in [0.1, 0.15) is 43.9 Å². The molecular formula is C17H23ClO4. The third-order valence-electron chi connectivity index (χ3n) is 3.61. The predicted molar refractivity (Wildman–Crippen MR) is 85.1 cm³/mol. The average molecular weight is 327 g/mol. The SMILES string of the molecule is CCOC(=O)CCc1cc(Cl)ccc1[C@@H](CC)OC[C@H]1CO1. The molecule has 0 spiro atoms. The van der Waals surface area contributed by atoms with E-state index in [2.05, 4.69) is 6.92 Å². The van der Waals surface area contributed by atoms with E-state index in [-0.39, 0.29) is 18.2 Å². The van der Waals surface area contributed by atoms with E-state index < -0.39 is 0 Å². The number of epoxide rings is 1. The molecule has 0 radical (unpaired) electrons. The van der Waals surface area contributed by atoms with Crippen LogP contribution in [0, 0.1) is 0 Å². The lowest BCUT2D eigenvalue weighted by Gasteiger charge is -2.20. The lowest BCUT2D eigenvalue weighted by molar-refractivity contribution is -0.143. The fraction of sp³-hybridized carbons (Fsp3) is 0.588. The Balaban J connectivity index is 2.05. The minimum absolute atomic E-state index is 0.00124. The zero-order valence-corrected chi connectivity index (χ0v) is 13.9. The van der Waals surface area contributed by atoms with Gasteiger partial charge in [0.2, 0.25) is 0 Å². The van der Waals surface area contributed by atoms with Gasteiger partial charge < -0.3 is 14.2 Å². The van der Waals surface area contributed by atoms with Gasteiger partial charge in [0.05, 0.1) is 25.9 Å². The summed E-state index contributed by atoms with van der Waals surface area (Å²) in [5, 5.41) is 0.669. The maximum Gasteiger partial charge on any atom is 0.306 e. The topological polar surface area (TPSA) is 48.1 Å². The summed E-state index contributed by atoms with van der Waals surface area (Å²) in [6, 6.07) is 5.77. The van der Waals surface area contributed by atoms with Gasteiger partial charge in [0.25, 0.3) is 0 Å². The van der Waals surface area contributed by atoms with E-state index in [4.69, 9.17) is 25.8 Å². The highest BCUT2D eigenvalue weighted by atomic mass is 35.5. The van der Waals surface area contributed by atoms with E-state index in [0.717, 1.165) is 24.2 Å². The van der Waals surface area contributed by atoms with Crippen molar-refractivity contribution in [2.24, 2.45) is 0 Å². The quantitative estimate of drug-likeness (QED) is 0.513. The second-order valence-electron chi connectivity index (χ2n) is 5.33. The Morgan fingerprint density at radius 1 is 1.45 bits per heavy atom. The Morgan fingerprint density at radius 2 is 2.23 bits per heavy atom. The highest BCUT2D eigenvalue weighted by Gasteiger charge is 2.25. The smallest absolute Gasteiger partial charge is 0.306 e. The minimum Gasteiger partial charge on any atom is -0.466 e. The van der Waals surface area contributed by atoms with Crippen LogP contribution in [0.2, 0.25) is 5.02 Å². The van der Waals surface area contributed by atoms with Gasteiger partial charge in [0.1, 0.15) is 6.10 Å². The molecule has 0 unspecified atom stereocenters. The van der Waals surface area contributed by atoms with Gasteiger partial charge in [0.15, 0.2) is 0 Å². The van der Waals surface area contributed by atoms with Crippen molar-refractivity contribution in [1.29, 1.82) is 0 Å². The number of aryl methyl sites for hydroxylation is 1. The third-order valence-corrected chi connectivity index (χ3v) is 3.85. The van der Waals surface area contributed by atoms with Crippen molar-refractivity contribution < 1.29 is 19.0 Å². The number of esters is 1. The van der Waals surface area contributed by atoms with Gasteiger partial charge in [0, 0.05) is 11.4 Å². The van der Waals surface area contributed by atoms with Crippen molar-refractivity contribution in [3.8, 4) is 0 Å². The number of halogens is 1. The van der Waals surface area contributed by atoms with Crippen LogP contribution in [0.3, 0.4) is 0 Å². The number of benzene rings is 1. The molecule has 122 valence electrons. The maximum atomic E-state index is 11.6. The second-order valence-corrected chi connectivity index (χ2v) is 5.77. The fourth-order valence-electron chi connectivity index (χ4n) is 2.39. The molecule has 1 aromatic carbocycles. The number of rotatable bonds is 9. The van der Waals surface area contributed by atoms with Crippen LogP contribution in [0.15, 0.2) is 18.2 Å². The molecule has 1 heterocycles. The monoisotopic (exact) mass is 326 g/mol. The van der Waals surface area contributed by atoms with Gasteiger partial charge in [-0.15, -0.1) is 0 Å². The molecule has 0 N–H and O–H groups in total. The van der Waals surface area contributed by atoms with Gasteiger partial charge in [-0.3, -0.25) is 4.79 Å². The number of hydrogen-bond donors (Lipinski definition) is 0. The molecule has 0 bridgehead atoms. The summed E-state index contributed by atoms with van der Waals surface area (Å²) >= 11 is 6.10. The first kappa shape index (κ1) is 17.3. The molecule has 1 aliphatic heterocycles. The first-order valence-electron chi connectivity index (χ1n) is 7.81. The standard InChI is InChI=1S/C17H23ClO4/c1-3-16(22-11-14-10-21-14)15-7-6-13(18)9-12(15)5-8-17(19)20-4-2/h6-7,9,14,16H,3-5,8,10-11H2,1-2H3/t14-,16-/m1/s1. The molecule has 1 aromatic rings. The highest BCUT2D eigenvalue weighted by Crippen LogP contribution is 2.29. The summed E-state index contributed by atoms with van der Waals surface area (Å²) in [5.74, 6) is -0.186. The second kappa shape index (κ2) is 8.51. The minimum atomic E-state index is -0.186. The summed E-state index contributed by atoms with van der Waals surface area (Å²) in [6.07, 6.45) is 2.06. The molecule has 0 amide bonds. The lowest BCUT2D eigenvalue weighted by atomic mass is 9.97. The summed E-state index contributed by atoms with van der Waals surface area (Å²) in [6.45, 7) is 5.69. The zero-order valence-electron chi connectivity index (χ0n) is 13.1. The lowest BCUT2D eigenvalue weighted by Crippen LogP contribution is -2.12. The molecule has 4 nitrogen and oxygen atoms in total. The van der Waals surface area contributed by atoms with Gasteiger partial charge in [-0.1, -0.05) is 24.6 Å². The Morgan fingerprint density at radius 3 is 2.86 bits per heavy atom. The van der Waals surface area contributed by atoms with E-state index in [1.54, 1.807) is 0 Å². The summed E-state index contributed by atoms with van der Waals surface area (Å²) in [4.78, 5) is 11.6. The molecule has 2 atom stereocenters. The van der Waals surface area contributed by atoms with Crippen LogP contribution >= 0.6 is 11.6 Å². The summed E-state index contributed by atoms with van der Waals surface area (Å²) in [7, 11) is 0. The van der Waals surface area contributed by atoms with E-state index in [9.17, 15) is 4.79 Å². The van der Waals surface area contributed by atoms with Crippen LogP contribution in [-0.4, -0.2) is 31.9 Å². The molecule has 22 heavy (non-hydrogen) atoms. The predicted octanol–water partition coefficient (Wildman–Crippen LogP) is 3.70. The van der Waals surface area contributed by atoms with Crippen molar-refractivity contribution >= 4 is 17.6 Å². The summed E-state index contributed by atoms with van der Waals surface area (Å²) < 4.78 is 16.1. The van der Waals surface area contributed by atoms with Crippen molar-refractivity contribution in [3.63, 3.8) is 0 Å². The molecular weight excluding hydrogens is 304 g/mol. The van der Waals surface area contributed by atoms with Crippen LogP contribution in [0.5, 0.6) is 0 Å². The molecule has 5 heteroatoms. The van der Waals surface area contributed by atoms with Crippen LogP contribution in [0.4, 0.5) is 0 Å². The van der Waals surface area contributed by atoms with Gasteiger partial charge in [-0.05, 0) is 43.0 Å². The number of hydrogen-bond acceptors (Lipinski definition) is 4. The average Bonchev–Trinajstić information content (AvgIpc) is 3.32. The van der Waals surface area contributed by atoms with Crippen molar-refractivity contribution in [3.05, 3.63) is 34.3 Å². The molecule has 0 saturated carbocycles. The van der Waals surface area contributed by atoms with E-state index >= 15 is 0 Å². The molecule has 1 fully saturated rings. The molecule has 1 aliphatic rings. The Hall–Kier alpha value is -1.10. The van der Waals surface area contributed by atoms with Gasteiger partial charge in [-0.2, -0.15) is 0 Å². The zero-order chi connectivity index (χ0) is 15.9. The van der Waals surface area contributed by atoms with Crippen molar-refractivity contribution in [1.82, 2.24) is 0 Å². The van der Waals surface area contributed by atoms with Gasteiger partial charge >= 0.3 is 5.97 Å². The first-order valence-corrected chi connectivity index (χ1v) is 8.19. The fourth-order valence-corrected chi connectivity index (χ4v) is 2.58. The largest absolute Gasteiger partial charge is 0.466 e. The van der Waals surface area contributed by atoms with E-state index in [1.165, 1.54) is 0 Å². The third kappa shape index (κ3) is 5.27. The highest BCUT2D eigenvalue weighted by molar-refractivity contribution is 6.30. The molecule has 1 saturated heterocycles. The van der Waals surface area contributed by atoms with Crippen molar-refractivity contribution in [2.45, 2.75) is 45.3 Å². The van der Waals surface area contributed by atoms with E-state index in [1.807, 2.05) is 25.1 Å². The Bertz CT molecular complexity index is 499. The Kier molecular flexibility index (Phi) is 6.68. The normalized spacial score (nSPS) is 18.0. The number of ether oxygens (including phenoxy) is 3. The summed E-state index contributed by atoms with van der Waals surface area (Å²) in [5.41, 5.74) is 2.14. The van der Waals surface area contributed by atoms with Gasteiger partial charge in [-0.25, -0.2) is 0 Å². The first-order chi connectivity index (χ1) is 10.6. The maximum absolute atomic E-state index is 11.6. The van der Waals surface area contributed by atoms with Crippen LogP contribution in [0.25, 0.3) is 0 Å². The number of carbonyl (C=O) groups excluding carboxylic acids is 1. The van der Waals surface area contributed by atoms with E-state index in [0.29, 0.717) is 31.1 Å². The number of carbonyl (C=O) groups is 1. The van der Waals surface area contributed by atoms with Crippen LogP contribution in [-0.2, 0) is 25.4 Å².